The predicted molar refractivity (Wildman–Crippen MR) is 101 cm³/mol. The van der Waals surface area contributed by atoms with Crippen LogP contribution in [0.1, 0.15) is 12.1 Å². The van der Waals surface area contributed by atoms with Gasteiger partial charge in [0, 0.05) is 37.8 Å². The lowest BCUT2D eigenvalue weighted by atomic mass is 9.81. The molecule has 0 atom stereocenters. The first kappa shape index (κ1) is 15.4. The first-order valence-electron chi connectivity index (χ1n) is 9.00. The van der Waals surface area contributed by atoms with Gasteiger partial charge in [0.2, 0.25) is 11.6 Å². The Balaban J connectivity index is 1.53. The SMILES string of the molecule is [C-]#[N+]c1ccc(Cn2c(N3CCC4(CNC4)C3)nc3ccccc32)nc1. The maximum Gasteiger partial charge on any atom is 0.206 e. The number of fused-ring (bicyclic) bond motifs is 1. The van der Waals surface area contributed by atoms with E-state index < -0.39 is 0 Å². The lowest BCUT2D eigenvalue weighted by Crippen LogP contribution is -2.54. The predicted octanol–water partition coefficient (Wildman–Crippen LogP) is 2.83. The number of rotatable bonds is 3. The average Bonchev–Trinajstić information content (AvgIpc) is 3.25. The summed E-state index contributed by atoms with van der Waals surface area (Å²) in [6.45, 7) is 12.1. The van der Waals surface area contributed by atoms with Crippen molar-refractivity contribution in [1.82, 2.24) is 19.9 Å². The quantitative estimate of drug-likeness (QED) is 0.743. The molecule has 0 amide bonds. The third-order valence-corrected chi connectivity index (χ3v) is 5.61. The van der Waals surface area contributed by atoms with Crippen molar-refractivity contribution >= 4 is 22.7 Å². The number of nitrogens with zero attached hydrogens (tertiary/aromatic N) is 5. The molecule has 26 heavy (non-hydrogen) atoms. The van der Waals surface area contributed by atoms with Crippen LogP contribution in [0.15, 0.2) is 42.6 Å². The highest BCUT2D eigenvalue weighted by Crippen LogP contribution is 2.37. The molecule has 2 aromatic heterocycles. The molecule has 0 saturated carbocycles. The van der Waals surface area contributed by atoms with Crippen LogP contribution in [-0.4, -0.2) is 40.7 Å². The number of para-hydroxylation sites is 2. The van der Waals surface area contributed by atoms with Crippen LogP contribution < -0.4 is 10.2 Å². The van der Waals surface area contributed by atoms with E-state index in [0.29, 0.717) is 17.6 Å². The van der Waals surface area contributed by atoms with Gasteiger partial charge < -0.3 is 14.8 Å². The second-order valence-corrected chi connectivity index (χ2v) is 7.38. The van der Waals surface area contributed by atoms with Crippen molar-refractivity contribution in [1.29, 1.82) is 0 Å². The second kappa shape index (κ2) is 5.82. The molecular weight excluding hydrogens is 324 g/mol. The van der Waals surface area contributed by atoms with E-state index in [2.05, 4.69) is 42.8 Å². The number of aromatic nitrogens is 3. The zero-order valence-electron chi connectivity index (χ0n) is 14.5. The van der Waals surface area contributed by atoms with Crippen molar-refractivity contribution in [2.24, 2.45) is 5.41 Å². The van der Waals surface area contributed by atoms with Crippen LogP contribution in [0.2, 0.25) is 0 Å². The van der Waals surface area contributed by atoms with Gasteiger partial charge in [-0.2, -0.15) is 0 Å². The Hall–Kier alpha value is -2.91. The molecule has 2 saturated heterocycles. The summed E-state index contributed by atoms with van der Waals surface area (Å²) >= 11 is 0. The number of anilines is 1. The summed E-state index contributed by atoms with van der Waals surface area (Å²) in [5.74, 6) is 1.03. The Kier molecular flexibility index (Phi) is 3.44. The number of hydrogen-bond donors (Lipinski definition) is 1. The Morgan fingerprint density at radius 2 is 2.08 bits per heavy atom. The van der Waals surface area contributed by atoms with Gasteiger partial charge in [0.15, 0.2) is 0 Å². The van der Waals surface area contributed by atoms with Gasteiger partial charge in [-0.05, 0) is 24.6 Å². The molecule has 0 bridgehead atoms. The minimum absolute atomic E-state index is 0.429. The summed E-state index contributed by atoms with van der Waals surface area (Å²) in [6, 6.07) is 12.1. The Bertz CT molecular complexity index is 993. The van der Waals surface area contributed by atoms with Crippen molar-refractivity contribution in [2.75, 3.05) is 31.1 Å². The molecule has 1 N–H and O–H groups in total. The fourth-order valence-electron chi connectivity index (χ4n) is 4.07. The van der Waals surface area contributed by atoms with Crippen LogP contribution in [0, 0.1) is 12.0 Å². The normalized spacial score (nSPS) is 18.2. The third-order valence-electron chi connectivity index (χ3n) is 5.61. The number of benzene rings is 1. The Morgan fingerprint density at radius 1 is 1.19 bits per heavy atom. The summed E-state index contributed by atoms with van der Waals surface area (Å²) in [4.78, 5) is 15.3. The van der Waals surface area contributed by atoms with E-state index in [1.165, 1.54) is 6.42 Å². The van der Waals surface area contributed by atoms with Gasteiger partial charge in [-0.25, -0.2) is 9.83 Å². The largest absolute Gasteiger partial charge is 0.342 e. The van der Waals surface area contributed by atoms with E-state index in [1.807, 2.05) is 18.2 Å². The van der Waals surface area contributed by atoms with Crippen LogP contribution in [0.25, 0.3) is 15.9 Å². The van der Waals surface area contributed by atoms with E-state index in [-0.39, 0.29) is 0 Å². The molecule has 6 nitrogen and oxygen atoms in total. The number of pyridine rings is 1. The monoisotopic (exact) mass is 344 g/mol. The van der Waals surface area contributed by atoms with Gasteiger partial charge in [0.1, 0.15) is 0 Å². The van der Waals surface area contributed by atoms with E-state index in [9.17, 15) is 0 Å². The molecule has 130 valence electrons. The fourth-order valence-corrected chi connectivity index (χ4v) is 4.07. The number of hydrogen-bond acceptors (Lipinski definition) is 4. The zero-order valence-corrected chi connectivity index (χ0v) is 14.5. The fraction of sp³-hybridized carbons (Fsp3) is 0.350. The smallest absolute Gasteiger partial charge is 0.206 e. The molecule has 0 radical (unpaired) electrons. The van der Waals surface area contributed by atoms with Crippen molar-refractivity contribution in [2.45, 2.75) is 13.0 Å². The first-order valence-corrected chi connectivity index (χ1v) is 9.00. The topological polar surface area (TPSA) is 50.3 Å². The molecule has 0 unspecified atom stereocenters. The van der Waals surface area contributed by atoms with Gasteiger partial charge in [-0.15, -0.1) is 0 Å². The summed E-state index contributed by atoms with van der Waals surface area (Å²) < 4.78 is 2.26. The molecule has 2 fully saturated rings. The van der Waals surface area contributed by atoms with E-state index in [1.54, 1.807) is 6.20 Å². The molecule has 1 aromatic carbocycles. The first-order chi connectivity index (χ1) is 12.8. The van der Waals surface area contributed by atoms with Crippen molar-refractivity contribution in [3.63, 3.8) is 0 Å². The highest BCUT2D eigenvalue weighted by Gasteiger charge is 2.44. The molecule has 6 heteroatoms. The van der Waals surface area contributed by atoms with Crippen LogP contribution in [-0.2, 0) is 6.54 Å². The molecule has 3 aromatic rings. The highest BCUT2D eigenvalue weighted by atomic mass is 15.3. The van der Waals surface area contributed by atoms with Crippen LogP contribution >= 0.6 is 0 Å². The average molecular weight is 344 g/mol. The molecule has 2 aliphatic rings. The second-order valence-electron chi connectivity index (χ2n) is 7.38. The number of nitrogens with one attached hydrogen (secondary N) is 1. The van der Waals surface area contributed by atoms with Crippen LogP contribution in [0.4, 0.5) is 11.6 Å². The van der Waals surface area contributed by atoms with Gasteiger partial charge in [0.05, 0.1) is 29.8 Å². The molecule has 5 rings (SSSR count). The van der Waals surface area contributed by atoms with Crippen molar-refractivity contribution in [3.05, 3.63) is 59.7 Å². The van der Waals surface area contributed by atoms with Gasteiger partial charge in [-0.3, -0.25) is 4.98 Å². The summed E-state index contributed by atoms with van der Waals surface area (Å²) in [6.07, 6.45) is 2.87. The molecular formula is C20H20N6. The molecule has 1 spiro atoms. The highest BCUT2D eigenvalue weighted by molar-refractivity contribution is 5.79. The van der Waals surface area contributed by atoms with Gasteiger partial charge in [0.25, 0.3) is 0 Å². The van der Waals surface area contributed by atoms with Crippen LogP contribution in [0.5, 0.6) is 0 Å². The molecule has 4 heterocycles. The zero-order chi connectivity index (χ0) is 17.6. The van der Waals surface area contributed by atoms with E-state index in [4.69, 9.17) is 11.6 Å². The Labute approximate surface area is 152 Å². The van der Waals surface area contributed by atoms with Crippen LogP contribution in [0.3, 0.4) is 0 Å². The van der Waals surface area contributed by atoms with Crippen molar-refractivity contribution < 1.29 is 0 Å². The maximum absolute atomic E-state index is 7.08. The maximum atomic E-state index is 7.08. The lowest BCUT2D eigenvalue weighted by Gasteiger charge is -2.39. The summed E-state index contributed by atoms with van der Waals surface area (Å²) in [5.41, 5.74) is 4.10. The standard InChI is InChI=1S/C20H20N6/c1-21-15-6-7-16(23-10-15)11-26-18-5-3-2-4-17(18)24-19(26)25-9-8-20(14-25)12-22-13-20/h2-7,10,22H,8-9,11-14H2. The van der Waals surface area contributed by atoms with E-state index in [0.717, 1.165) is 48.9 Å². The van der Waals surface area contributed by atoms with E-state index >= 15 is 0 Å². The molecule has 2 aliphatic heterocycles. The number of imidazole rings is 1. The Morgan fingerprint density at radius 3 is 2.77 bits per heavy atom. The van der Waals surface area contributed by atoms with Gasteiger partial charge in [-0.1, -0.05) is 18.2 Å². The van der Waals surface area contributed by atoms with Gasteiger partial charge >= 0.3 is 0 Å². The summed E-state index contributed by atoms with van der Waals surface area (Å²) in [7, 11) is 0. The minimum atomic E-state index is 0.429. The third kappa shape index (κ3) is 2.44. The summed E-state index contributed by atoms with van der Waals surface area (Å²) in [5, 5.41) is 3.42. The lowest BCUT2D eigenvalue weighted by molar-refractivity contribution is 0.199. The van der Waals surface area contributed by atoms with Crippen molar-refractivity contribution in [3.8, 4) is 0 Å². The molecule has 0 aliphatic carbocycles. The minimum Gasteiger partial charge on any atom is -0.342 e.